The third-order valence-electron chi connectivity index (χ3n) is 3.80. The van der Waals surface area contributed by atoms with E-state index in [0.717, 1.165) is 24.2 Å². The molecule has 1 saturated carbocycles. The number of benzene rings is 1. The minimum Gasteiger partial charge on any atom is -0.482 e. The van der Waals surface area contributed by atoms with E-state index in [1.165, 1.54) is 0 Å². The Labute approximate surface area is 110 Å². The van der Waals surface area contributed by atoms with Crippen molar-refractivity contribution >= 4 is 6.29 Å². The van der Waals surface area contributed by atoms with Gasteiger partial charge >= 0.3 is 0 Å². The highest BCUT2D eigenvalue weighted by Crippen LogP contribution is 2.57. The average Bonchev–Trinajstić information content (AvgIpc) is 2.96. The topological polar surface area (TPSA) is 44.8 Å². The number of ether oxygens (including phenoxy) is 3. The van der Waals surface area contributed by atoms with Crippen LogP contribution in [0.5, 0.6) is 5.75 Å². The van der Waals surface area contributed by atoms with Crippen LogP contribution in [0.4, 0.5) is 0 Å². The molecule has 4 heteroatoms. The van der Waals surface area contributed by atoms with E-state index < -0.39 is 0 Å². The molecule has 0 spiro atoms. The van der Waals surface area contributed by atoms with Crippen LogP contribution in [0.3, 0.4) is 0 Å². The van der Waals surface area contributed by atoms with Crippen LogP contribution >= 0.6 is 0 Å². The lowest BCUT2D eigenvalue weighted by atomic mass is 10.1. The molecule has 1 aromatic rings. The molecule has 3 aliphatic rings. The largest absolute Gasteiger partial charge is 0.482 e. The molecule has 1 aromatic carbocycles. The summed E-state index contributed by atoms with van der Waals surface area (Å²) in [6.45, 7) is 0.284. The highest BCUT2D eigenvalue weighted by Gasteiger charge is 2.61. The molecule has 2 aliphatic carbocycles. The molecular formula is C15H12O4. The SMILES string of the molecule is O=Cc1ccccc1OC12C=CC3=C(OCO3)C1C2. The van der Waals surface area contributed by atoms with E-state index >= 15 is 0 Å². The fourth-order valence-electron chi connectivity index (χ4n) is 2.70. The maximum Gasteiger partial charge on any atom is 0.230 e. The summed E-state index contributed by atoms with van der Waals surface area (Å²) >= 11 is 0. The van der Waals surface area contributed by atoms with E-state index in [1.54, 1.807) is 6.07 Å². The first kappa shape index (κ1) is 10.7. The lowest BCUT2D eigenvalue weighted by molar-refractivity contribution is 0.0683. The van der Waals surface area contributed by atoms with Gasteiger partial charge in [0.2, 0.25) is 6.79 Å². The number of para-hydroxylation sites is 1. The summed E-state index contributed by atoms with van der Waals surface area (Å²) in [7, 11) is 0. The Hall–Kier alpha value is -2.23. The Kier molecular flexibility index (Phi) is 2.04. The van der Waals surface area contributed by atoms with Crippen LogP contribution in [-0.2, 0) is 9.47 Å². The van der Waals surface area contributed by atoms with Crippen molar-refractivity contribution in [3.8, 4) is 5.75 Å². The predicted molar refractivity (Wildman–Crippen MR) is 66.5 cm³/mol. The van der Waals surface area contributed by atoms with Crippen molar-refractivity contribution in [2.24, 2.45) is 5.92 Å². The van der Waals surface area contributed by atoms with Crippen LogP contribution in [0.15, 0.2) is 47.9 Å². The number of carbonyl (C=O) groups excluding carboxylic acids is 1. The predicted octanol–water partition coefficient (Wildman–Crippen LogP) is 2.42. The Morgan fingerprint density at radius 1 is 1.32 bits per heavy atom. The second-order valence-electron chi connectivity index (χ2n) is 4.94. The van der Waals surface area contributed by atoms with Crippen molar-refractivity contribution in [3.05, 3.63) is 53.5 Å². The summed E-state index contributed by atoms with van der Waals surface area (Å²) < 4.78 is 16.9. The summed E-state index contributed by atoms with van der Waals surface area (Å²) in [6.07, 6.45) is 5.58. The lowest BCUT2D eigenvalue weighted by Crippen LogP contribution is -2.22. The fraction of sp³-hybridized carbons (Fsp3) is 0.267. The molecule has 0 radical (unpaired) electrons. The van der Waals surface area contributed by atoms with Crippen molar-refractivity contribution < 1.29 is 19.0 Å². The highest BCUT2D eigenvalue weighted by molar-refractivity contribution is 5.79. The van der Waals surface area contributed by atoms with Crippen LogP contribution in [0.25, 0.3) is 0 Å². The molecule has 4 nitrogen and oxygen atoms in total. The van der Waals surface area contributed by atoms with Crippen molar-refractivity contribution in [3.63, 3.8) is 0 Å². The van der Waals surface area contributed by atoms with E-state index in [9.17, 15) is 4.79 Å². The number of fused-ring (bicyclic) bond motifs is 2. The van der Waals surface area contributed by atoms with Crippen LogP contribution in [-0.4, -0.2) is 18.7 Å². The normalized spacial score (nSPS) is 30.0. The smallest absolute Gasteiger partial charge is 0.230 e. The molecule has 4 rings (SSSR count). The quantitative estimate of drug-likeness (QED) is 0.779. The zero-order chi connectivity index (χ0) is 12.9. The summed E-state index contributed by atoms with van der Waals surface area (Å²) in [5.41, 5.74) is 0.199. The summed E-state index contributed by atoms with van der Waals surface area (Å²) in [5.74, 6) is 2.51. The van der Waals surface area contributed by atoms with E-state index in [4.69, 9.17) is 14.2 Å². The molecule has 1 fully saturated rings. The third kappa shape index (κ3) is 1.49. The Morgan fingerprint density at radius 2 is 2.21 bits per heavy atom. The Morgan fingerprint density at radius 3 is 3.11 bits per heavy atom. The minimum absolute atomic E-state index is 0.203. The number of hydrogen-bond donors (Lipinski definition) is 0. The molecule has 0 saturated heterocycles. The van der Waals surface area contributed by atoms with Crippen LogP contribution in [0.2, 0.25) is 0 Å². The molecule has 19 heavy (non-hydrogen) atoms. The van der Waals surface area contributed by atoms with Crippen LogP contribution in [0, 0.1) is 5.92 Å². The van der Waals surface area contributed by atoms with E-state index in [1.807, 2.05) is 30.4 Å². The summed E-state index contributed by atoms with van der Waals surface area (Å²) in [5, 5.41) is 0. The second-order valence-corrected chi connectivity index (χ2v) is 4.94. The van der Waals surface area contributed by atoms with Crippen LogP contribution < -0.4 is 4.74 Å². The first-order valence-corrected chi connectivity index (χ1v) is 6.25. The maximum absolute atomic E-state index is 11.0. The van der Waals surface area contributed by atoms with Crippen molar-refractivity contribution in [2.45, 2.75) is 12.0 Å². The Bertz CT molecular complexity index is 616. The molecule has 2 unspecified atom stereocenters. The van der Waals surface area contributed by atoms with Gasteiger partial charge in [0.25, 0.3) is 0 Å². The van der Waals surface area contributed by atoms with Gasteiger partial charge in [-0.05, 0) is 24.3 Å². The molecular weight excluding hydrogens is 244 g/mol. The van der Waals surface area contributed by atoms with E-state index in [0.29, 0.717) is 11.3 Å². The van der Waals surface area contributed by atoms with Gasteiger partial charge in [0, 0.05) is 6.42 Å². The number of aldehydes is 1. The molecule has 0 aromatic heterocycles. The zero-order valence-corrected chi connectivity index (χ0v) is 10.2. The molecule has 1 heterocycles. The molecule has 2 atom stereocenters. The first-order valence-electron chi connectivity index (χ1n) is 6.25. The minimum atomic E-state index is -0.369. The zero-order valence-electron chi connectivity index (χ0n) is 10.2. The van der Waals surface area contributed by atoms with Gasteiger partial charge in [-0.15, -0.1) is 0 Å². The molecule has 1 aliphatic heterocycles. The third-order valence-corrected chi connectivity index (χ3v) is 3.80. The first-order chi connectivity index (χ1) is 9.32. The fourth-order valence-corrected chi connectivity index (χ4v) is 2.70. The van der Waals surface area contributed by atoms with Crippen molar-refractivity contribution in [2.75, 3.05) is 6.79 Å². The number of carbonyl (C=O) groups is 1. The molecule has 0 bridgehead atoms. The van der Waals surface area contributed by atoms with Crippen LogP contribution in [0.1, 0.15) is 16.8 Å². The van der Waals surface area contributed by atoms with E-state index in [2.05, 4.69) is 0 Å². The maximum atomic E-state index is 11.0. The van der Waals surface area contributed by atoms with E-state index in [-0.39, 0.29) is 18.3 Å². The average molecular weight is 256 g/mol. The van der Waals surface area contributed by atoms with Gasteiger partial charge < -0.3 is 14.2 Å². The number of hydrogen-bond acceptors (Lipinski definition) is 4. The van der Waals surface area contributed by atoms with Gasteiger partial charge in [-0.25, -0.2) is 0 Å². The number of allylic oxidation sites excluding steroid dienone is 1. The summed E-state index contributed by atoms with van der Waals surface area (Å²) in [4.78, 5) is 11.0. The molecule has 0 N–H and O–H groups in total. The summed E-state index contributed by atoms with van der Waals surface area (Å²) in [6, 6.07) is 7.26. The van der Waals surface area contributed by atoms with Crippen molar-refractivity contribution in [1.82, 2.24) is 0 Å². The van der Waals surface area contributed by atoms with Gasteiger partial charge in [0.15, 0.2) is 12.0 Å². The lowest BCUT2D eigenvalue weighted by Gasteiger charge is -2.19. The highest BCUT2D eigenvalue weighted by atomic mass is 16.7. The second kappa shape index (κ2) is 3.63. The van der Waals surface area contributed by atoms with Gasteiger partial charge in [-0.1, -0.05) is 12.1 Å². The number of rotatable bonds is 3. The van der Waals surface area contributed by atoms with Gasteiger partial charge in [0.05, 0.1) is 11.5 Å². The van der Waals surface area contributed by atoms with Gasteiger partial charge in [0.1, 0.15) is 17.1 Å². The van der Waals surface area contributed by atoms with Gasteiger partial charge in [-0.2, -0.15) is 0 Å². The van der Waals surface area contributed by atoms with Gasteiger partial charge in [-0.3, -0.25) is 4.79 Å². The van der Waals surface area contributed by atoms with Crippen molar-refractivity contribution in [1.29, 1.82) is 0 Å². The monoisotopic (exact) mass is 256 g/mol. The molecule has 96 valence electrons. The molecule has 0 amide bonds. The Balaban J connectivity index is 1.63. The standard InChI is InChI=1S/C15H12O4/c16-8-10-3-1-2-4-12(10)19-15-6-5-13-14(11(15)7-15)18-9-17-13/h1-6,8,11H,7,9H2.